The van der Waals surface area contributed by atoms with Crippen molar-refractivity contribution in [3.63, 3.8) is 0 Å². The number of carbonyl (C=O) groups excluding carboxylic acids is 1. The summed E-state index contributed by atoms with van der Waals surface area (Å²) >= 11 is 0. The van der Waals surface area contributed by atoms with E-state index in [0.717, 1.165) is 49.2 Å². The Labute approximate surface area is 166 Å². The number of aromatic nitrogens is 1. The highest BCUT2D eigenvalue weighted by atomic mass is 16.1. The molecule has 1 fully saturated rings. The predicted molar refractivity (Wildman–Crippen MR) is 114 cm³/mol. The number of benzene rings is 1. The third-order valence-electron chi connectivity index (χ3n) is 5.45. The molecule has 0 saturated carbocycles. The SMILES string of the molecule is CCCN1CCN(CCNC(=O)CCc2cc3cc(C)ccc3[nH]c2=O)CC1. The zero-order valence-electron chi connectivity index (χ0n) is 17.1. The fourth-order valence-corrected chi connectivity index (χ4v) is 3.80. The van der Waals surface area contributed by atoms with E-state index in [2.05, 4.69) is 33.1 Å². The molecule has 0 bridgehead atoms. The van der Waals surface area contributed by atoms with Crippen molar-refractivity contribution in [2.75, 3.05) is 45.8 Å². The van der Waals surface area contributed by atoms with Gasteiger partial charge >= 0.3 is 0 Å². The quantitative estimate of drug-likeness (QED) is 0.730. The van der Waals surface area contributed by atoms with Gasteiger partial charge in [-0.05, 0) is 49.9 Å². The van der Waals surface area contributed by atoms with Gasteiger partial charge in [0.05, 0.1) is 0 Å². The van der Waals surface area contributed by atoms with Gasteiger partial charge in [0.2, 0.25) is 5.91 Å². The highest BCUT2D eigenvalue weighted by molar-refractivity contribution is 5.80. The zero-order chi connectivity index (χ0) is 19.9. The summed E-state index contributed by atoms with van der Waals surface area (Å²) in [5.41, 5.74) is 2.55. The van der Waals surface area contributed by atoms with E-state index in [1.54, 1.807) is 0 Å². The van der Waals surface area contributed by atoms with Crippen LogP contribution in [0.25, 0.3) is 10.9 Å². The number of pyridine rings is 1. The molecule has 0 radical (unpaired) electrons. The van der Waals surface area contributed by atoms with Crippen molar-refractivity contribution < 1.29 is 4.79 Å². The fourth-order valence-electron chi connectivity index (χ4n) is 3.80. The van der Waals surface area contributed by atoms with Gasteiger partial charge in [-0.2, -0.15) is 0 Å². The molecular formula is C22H32N4O2. The van der Waals surface area contributed by atoms with Crippen LogP contribution in [0.4, 0.5) is 0 Å². The largest absolute Gasteiger partial charge is 0.355 e. The van der Waals surface area contributed by atoms with Gasteiger partial charge in [0.15, 0.2) is 0 Å². The fraction of sp³-hybridized carbons (Fsp3) is 0.545. The average Bonchev–Trinajstić information content (AvgIpc) is 2.68. The number of fused-ring (bicyclic) bond motifs is 1. The minimum atomic E-state index is -0.103. The minimum absolute atomic E-state index is 0.00774. The average molecular weight is 385 g/mol. The molecule has 2 N–H and O–H groups in total. The molecule has 1 aromatic heterocycles. The van der Waals surface area contributed by atoms with Crippen molar-refractivity contribution in [3.05, 3.63) is 45.7 Å². The van der Waals surface area contributed by atoms with Gasteiger partial charge in [0.1, 0.15) is 0 Å². The summed E-state index contributed by atoms with van der Waals surface area (Å²) in [6.45, 7) is 11.4. The molecule has 28 heavy (non-hydrogen) atoms. The van der Waals surface area contributed by atoms with Gasteiger partial charge < -0.3 is 15.2 Å². The van der Waals surface area contributed by atoms with Crippen molar-refractivity contribution in [1.29, 1.82) is 0 Å². The van der Waals surface area contributed by atoms with Gasteiger partial charge in [0.25, 0.3) is 5.56 Å². The molecule has 1 saturated heterocycles. The first-order valence-electron chi connectivity index (χ1n) is 10.4. The Morgan fingerprint density at radius 3 is 2.54 bits per heavy atom. The Balaban J connectivity index is 1.42. The Hall–Kier alpha value is -2.18. The summed E-state index contributed by atoms with van der Waals surface area (Å²) in [7, 11) is 0. The highest BCUT2D eigenvalue weighted by Crippen LogP contribution is 2.13. The number of rotatable bonds is 8. The van der Waals surface area contributed by atoms with Crippen LogP contribution in [-0.2, 0) is 11.2 Å². The molecule has 3 rings (SSSR count). The monoisotopic (exact) mass is 384 g/mol. The summed E-state index contributed by atoms with van der Waals surface area (Å²) in [6, 6.07) is 7.86. The molecule has 2 heterocycles. The number of amides is 1. The molecule has 0 aliphatic carbocycles. The van der Waals surface area contributed by atoms with Gasteiger partial charge in [-0.15, -0.1) is 0 Å². The number of hydrogen-bond donors (Lipinski definition) is 2. The van der Waals surface area contributed by atoms with Crippen molar-refractivity contribution in [1.82, 2.24) is 20.1 Å². The highest BCUT2D eigenvalue weighted by Gasteiger charge is 2.15. The summed E-state index contributed by atoms with van der Waals surface area (Å²) in [5, 5.41) is 4.01. The van der Waals surface area contributed by atoms with Crippen LogP contribution in [0.5, 0.6) is 0 Å². The summed E-state index contributed by atoms with van der Waals surface area (Å²) in [6.07, 6.45) is 2.00. The summed E-state index contributed by atoms with van der Waals surface area (Å²) in [5.74, 6) is 0.00774. The van der Waals surface area contributed by atoms with Gasteiger partial charge in [-0.3, -0.25) is 14.5 Å². The molecule has 0 spiro atoms. The lowest BCUT2D eigenvalue weighted by Gasteiger charge is -2.34. The molecule has 6 nitrogen and oxygen atoms in total. The molecule has 1 aliphatic rings. The smallest absolute Gasteiger partial charge is 0.251 e. The normalized spacial score (nSPS) is 15.8. The molecule has 0 unspecified atom stereocenters. The topological polar surface area (TPSA) is 68.4 Å². The van der Waals surface area contributed by atoms with E-state index in [1.165, 1.54) is 13.0 Å². The van der Waals surface area contributed by atoms with Crippen LogP contribution >= 0.6 is 0 Å². The third-order valence-corrected chi connectivity index (χ3v) is 5.45. The van der Waals surface area contributed by atoms with Crippen LogP contribution in [0.1, 0.15) is 30.9 Å². The molecule has 152 valence electrons. The zero-order valence-corrected chi connectivity index (χ0v) is 17.1. The Morgan fingerprint density at radius 1 is 1.11 bits per heavy atom. The van der Waals surface area contributed by atoms with E-state index < -0.39 is 0 Å². The number of piperazine rings is 1. The first-order chi connectivity index (χ1) is 13.5. The number of nitrogens with zero attached hydrogens (tertiary/aromatic N) is 2. The van der Waals surface area contributed by atoms with Crippen LogP contribution in [0.2, 0.25) is 0 Å². The van der Waals surface area contributed by atoms with Gasteiger partial charge in [-0.25, -0.2) is 0 Å². The summed E-state index contributed by atoms with van der Waals surface area (Å²) in [4.78, 5) is 32.2. The van der Waals surface area contributed by atoms with Crippen LogP contribution < -0.4 is 10.9 Å². The van der Waals surface area contributed by atoms with Crippen LogP contribution in [0.15, 0.2) is 29.1 Å². The second-order valence-corrected chi connectivity index (χ2v) is 7.75. The van der Waals surface area contributed by atoms with Crippen molar-refractivity contribution >= 4 is 16.8 Å². The molecule has 0 atom stereocenters. The molecule has 1 aromatic carbocycles. The Morgan fingerprint density at radius 2 is 1.82 bits per heavy atom. The lowest BCUT2D eigenvalue weighted by molar-refractivity contribution is -0.121. The van der Waals surface area contributed by atoms with Crippen LogP contribution in [0.3, 0.4) is 0 Å². The lowest BCUT2D eigenvalue weighted by Crippen LogP contribution is -2.48. The van der Waals surface area contributed by atoms with E-state index in [-0.39, 0.29) is 11.5 Å². The predicted octanol–water partition coefficient (Wildman–Crippen LogP) is 1.91. The van der Waals surface area contributed by atoms with E-state index in [0.29, 0.717) is 24.9 Å². The van der Waals surface area contributed by atoms with E-state index in [4.69, 9.17) is 0 Å². The first-order valence-corrected chi connectivity index (χ1v) is 10.4. The second-order valence-electron chi connectivity index (χ2n) is 7.75. The first kappa shape index (κ1) is 20.6. The number of aromatic amines is 1. The second kappa shape index (κ2) is 9.85. The van der Waals surface area contributed by atoms with Crippen LogP contribution in [-0.4, -0.2) is 66.5 Å². The molecule has 1 aliphatic heterocycles. The Bertz CT molecular complexity index is 853. The van der Waals surface area contributed by atoms with Crippen LogP contribution in [0, 0.1) is 6.92 Å². The van der Waals surface area contributed by atoms with Crippen molar-refractivity contribution in [2.45, 2.75) is 33.1 Å². The van der Waals surface area contributed by atoms with E-state index >= 15 is 0 Å². The number of carbonyl (C=O) groups is 1. The molecule has 2 aromatic rings. The molecule has 6 heteroatoms. The maximum absolute atomic E-state index is 12.2. The number of hydrogen-bond acceptors (Lipinski definition) is 4. The van der Waals surface area contributed by atoms with Crippen molar-refractivity contribution in [2.24, 2.45) is 0 Å². The minimum Gasteiger partial charge on any atom is -0.355 e. The lowest BCUT2D eigenvalue weighted by atomic mass is 10.1. The standard InChI is InChI=1S/C22H32N4O2/c1-3-9-25-11-13-26(14-12-25)10-8-23-21(27)7-5-18-16-19-15-17(2)4-6-20(19)24-22(18)28/h4,6,15-16H,3,5,7-14H2,1-2H3,(H,23,27)(H,24,28). The maximum Gasteiger partial charge on any atom is 0.251 e. The van der Waals surface area contributed by atoms with Gasteiger partial charge in [-0.1, -0.05) is 18.6 Å². The molecule has 1 amide bonds. The molecular weight excluding hydrogens is 352 g/mol. The number of nitrogens with one attached hydrogen (secondary N) is 2. The Kier molecular flexibility index (Phi) is 7.23. The third kappa shape index (κ3) is 5.66. The van der Waals surface area contributed by atoms with E-state index in [1.807, 2.05) is 25.1 Å². The number of aryl methyl sites for hydroxylation is 2. The number of H-pyrrole nitrogens is 1. The van der Waals surface area contributed by atoms with Crippen molar-refractivity contribution in [3.8, 4) is 0 Å². The summed E-state index contributed by atoms with van der Waals surface area (Å²) < 4.78 is 0. The maximum atomic E-state index is 12.2. The van der Waals surface area contributed by atoms with E-state index in [9.17, 15) is 9.59 Å². The van der Waals surface area contributed by atoms with Gasteiger partial charge in [0, 0.05) is 56.8 Å².